The molecule has 0 spiro atoms. The molecular weight excluding hydrogens is 192 g/mol. The Balaban J connectivity index is 2.12. The fourth-order valence-electron chi connectivity index (χ4n) is 1.33. The maximum Gasteiger partial charge on any atom is 0.160 e. The molecule has 0 atom stereocenters. The molecular formula is C12H18O3. The zero-order chi connectivity index (χ0) is 10.9. The number of ether oxygens (including phenoxy) is 1. The molecule has 84 valence electrons. The van der Waals surface area contributed by atoms with Gasteiger partial charge in [0.25, 0.3) is 0 Å². The number of hydrogen-bond acceptors (Lipinski definition) is 3. The average Bonchev–Trinajstić information content (AvgIpc) is 2.25. The molecule has 1 rings (SSSR count). The van der Waals surface area contributed by atoms with E-state index in [0.29, 0.717) is 12.4 Å². The molecule has 0 saturated heterocycles. The van der Waals surface area contributed by atoms with Crippen LogP contribution in [0.5, 0.6) is 11.5 Å². The van der Waals surface area contributed by atoms with Gasteiger partial charge in [-0.2, -0.15) is 0 Å². The third-order valence-corrected chi connectivity index (χ3v) is 2.18. The van der Waals surface area contributed by atoms with Gasteiger partial charge in [0.05, 0.1) is 6.61 Å². The second-order valence-corrected chi connectivity index (χ2v) is 3.45. The van der Waals surface area contributed by atoms with Crippen molar-refractivity contribution in [3.8, 4) is 11.5 Å². The average molecular weight is 210 g/mol. The van der Waals surface area contributed by atoms with Gasteiger partial charge < -0.3 is 14.9 Å². The van der Waals surface area contributed by atoms with Gasteiger partial charge in [0.1, 0.15) is 0 Å². The highest BCUT2D eigenvalue weighted by Gasteiger charge is 1.99. The SMILES string of the molecule is OCCCCCCOc1ccccc1O. The Hall–Kier alpha value is -1.22. The first-order chi connectivity index (χ1) is 7.34. The monoisotopic (exact) mass is 210 g/mol. The first-order valence-electron chi connectivity index (χ1n) is 5.36. The van der Waals surface area contributed by atoms with Crippen LogP contribution in [-0.4, -0.2) is 23.4 Å². The molecule has 0 bridgehead atoms. The van der Waals surface area contributed by atoms with E-state index in [1.54, 1.807) is 18.2 Å². The predicted octanol–water partition coefficient (Wildman–Crippen LogP) is 2.32. The molecule has 1 aromatic rings. The van der Waals surface area contributed by atoms with Gasteiger partial charge in [0.2, 0.25) is 0 Å². The number of aromatic hydroxyl groups is 1. The molecule has 0 heterocycles. The van der Waals surface area contributed by atoms with Gasteiger partial charge in [-0.1, -0.05) is 18.6 Å². The van der Waals surface area contributed by atoms with Gasteiger partial charge in [-0.15, -0.1) is 0 Å². The molecule has 3 heteroatoms. The Morgan fingerprint density at radius 3 is 2.47 bits per heavy atom. The Kier molecular flexibility index (Phi) is 5.63. The number of aliphatic hydroxyl groups excluding tert-OH is 1. The standard InChI is InChI=1S/C12H18O3/c13-9-5-1-2-6-10-15-12-8-4-3-7-11(12)14/h3-4,7-8,13-14H,1-2,5-6,9-10H2. The van der Waals surface area contributed by atoms with E-state index in [2.05, 4.69) is 0 Å². The quantitative estimate of drug-likeness (QED) is 0.679. The molecule has 2 N–H and O–H groups in total. The smallest absolute Gasteiger partial charge is 0.160 e. The van der Waals surface area contributed by atoms with E-state index >= 15 is 0 Å². The van der Waals surface area contributed by atoms with Crippen LogP contribution in [0.15, 0.2) is 24.3 Å². The molecule has 3 nitrogen and oxygen atoms in total. The van der Waals surface area contributed by atoms with Crippen LogP contribution in [0.3, 0.4) is 0 Å². The van der Waals surface area contributed by atoms with Crippen molar-refractivity contribution in [1.82, 2.24) is 0 Å². The molecule has 0 aliphatic heterocycles. The predicted molar refractivity (Wildman–Crippen MR) is 59.2 cm³/mol. The summed E-state index contributed by atoms with van der Waals surface area (Å²) in [6.07, 6.45) is 3.89. The van der Waals surface area contributed by atoms with Crippen molar-refractivity contribution in [2.45, 2.75) is 25.7 Å². The fraction of sp³-hybridized carbons (Fsp3) is 0.500. The zero-order valence-electron chi connectivity index (χ0n) is 8.85. The Morgan fingerprint density at radius 1 is 1.00 bits per heavy atom. The molecule has 0 amide bonds. The van der Waals surface area contributed by atoms with Crippen LogP contribution < -0.4 is 4.74 Å². The van der Waals surface area contributed by atoms with Crippen molar-refractivity contribution in [2.24, 2.45) is 0 Å². The Bertz CT molecular complexity index is 273. The van der Waals surface area contributed by atoms with Gasteiger partial charge in [-0.05, 0) is 31.4 Å². The maximum absolute atomic E-state index is 9.39. The van der Waals surface area contributed by atoms with Crippen LogP contribution in [0.25, 0.3) is 0 Å². The summed E-state index contributed by atoms with van der Waals surface area (Å²) in [5, 5.41) is 18.0. The number of rotatable bonds is 7. The molecule has 1 aromatic carbocycles. The van der Waals surface area contributed by atoms with Gasteiger partial charge >= 0.3 is 0 Å². The number of hydrogen-bond donors (Lipinski definition) is 2. The van der Waals surface area contributed by atoms with Gasteiger partial charge in [-0.3, -0.25) is 0 Å². The van der Waals surface area contributed by atoms with E-state index in [-0.39, 0.29) is 12.4 Å². The van der Waals surface area contributed by atoms with Crippen LogP contribution in [0, 0.1) is 0 Å². The lowest BCUT2D eigenvalue weighted by molar-refractivity contribution is 0.269. The van der Waals surface area contributed by atoms with Gasteiger partial charge in [-0.25, -0.2) is 0 Å². The molecule has 0 unspecified atom stereocenters. The summed E-state index contributed by atoms with van der Waals surface area (Å²) in [5.74, 6) is 0.729. The number of phenolic OH excluding ortho intramolecular Hbond substituents is 1. The highest BCUT2D eigenvalue weighted by molar-refractivity contribution is 5.37. The topological polar surface area (TPSA) is 49.7 Å². The van der Waals surface area contributed by atoms with Crippen molar-refractivity contribution >= 4 is 0 Å². The summed E-state index contributed by atoms with van der Waals surface area (Å²) >= 11 is 0. The van der Waals surface area contributed by atoms with Crippen LogP contribution in [0.4, 0.5) is 0 Å². The van der Waals surface area contributed by atoms with Crippen LogP contribution >= 0.6 is 0 Å². The molecule has 0 aliphatic rings. The number of benzene rings is 1. The normalized spacial score (nSPS) is 10.2. The molecule has 15 heavy (non-hydrogen) atoms. The number of para-hydroxylation sites is 2. The fourth-order valence-corrected chi connectivity index (χ4v) is 1.33. The van der Waals surface area contributed by atoms with E-state index in [9.17, 15) is 5.11 Å². The van der Waals surface area contributed by atoms with Crippen molar-refractivity contribution < 1.29 is 14.9 Å². The third-order valence-electron chi connectivity index (χ3n) is 2.18. The molecule has 0 fully saturated rings. The minimum Gasteiger partial charge on any atom is -0.504 e. The minimum absolute atomic E-state index is 0.188. The lowest BCUT2D eigenvalue weighted by Crippen LogP contribution is -1.97. The molecule has 0 aliphatic carbocycles. The van der Waals surface area contributed by atoms with Crippen molar-refractivity contribution in [1.29, 1.82) is 0 Å². The van der Waals surface area contributed by atoms with Crippen molar-refractivity contribution in [3.05, 3.63) is 24.3 Å². The highest BCUT2D eigenvalue weighted by Crippen LogP contribution is 2.24. The van der Waals surface area contributed by atoms with Crippen LogP contribution in [0.1, 0.15) is 25.7 Å². The largest absolute Gasteiger partial charge is 0.504 e. The lowest BCUT2D eigenvalue weighted by Gasteiger charge is -2.07. The van der Waals surface area contributed by atoms with E-state index in [4.69, 9.17) is 9.84 Å². The molecule has 0 aromatic heterocycles. The first kappa shape index (κ1) is 11.9. The van der Waals surface area contributed by atoms with E-state index in [1.165, 1.54) is 0 Å². The Labute approximate surface area is 90.3 Å². The van der Waals surface area contributed by atoms with Gasteiger partial charge in [0.15, 0.2) is 11.5 Å². The number of phenols is 1. The van der Waals surface area contributed by atoms with E-state index in [0.717, 1.165) is 25.7 Å². The summed E-state index contributed by atoms with van der Waals surface area (Å²) < 4.78 is 5.40. The van der Waals surface area contributed by atoms with E-state index < -0.39 is 0 Å². The first-order valence-corrected chi connectivity index (χ1v) is 5.36. The second kappa shape index (κ2) is 7.12. The van der Waals surface area contributed by atoms with Crippen molar-refractivity contribution in [2.75, 3.05) is 13.2 Å². The molecule has 0 saturated carbocycles. The maximum atomic E-state index is 9.39. The van der Waals surface area contributed by atoms with Crippen LogP contribution in [-0.2, 0) is 0 Å². The lowest BCUT2D eigenvalue weighted by atomic mass is 10.2. The summed E-state index contributed by atoms with van der Waals surface area (Å²) in [7, 11) is 0. The third kappa shape index (κ3) is 4.70. The Morgan fingerprint density at radius 2 is 1.73 bits per heavy atom. The van der Waals surface area contributed by atoms with E-state index in [1.807, 2.05) is 6.07 Å². The molecule has 0 radical (unpaired) electrons. The summed E-state index contributed by atoms with van der Waals surface area (Å²) in [4.78, 5) is 0. The van der Waals surface area contributed by atoms with Crippen LogP contribution in [0.2, 0.25) is 0 Å². The number of aliphatic hydroxyl groups is 1. The van der Waals surface area contributed by atoms with Gasteiger partial charge in [0, 0.05) is 6.61 Å². The van der Waals surface area contributed by atoms with Crippen molar-refractivity contribution in [3.63, 3.8) is 0 Å². The summed E-state index contributed by atoms with van der Waals surface area (Å²) in [6.45, 7) is 0.878. The summed E-state index contributed by atoms with van der Waals surface area (Å²) in [5.41, 5.74) is 0. The second-order valence-electron chi connectivity index (χ2n) is 3.45. The summed E-state index contributed by atoms with van der Waals surface area (Å²) in [6, 6.07) is 6.97. The highest BCUT2D eigenvalue weighted by atomic mass is 16.5. The minimum atomic E-state index is 0.188. The zero-order valence-corrected chi connectivity index (χ0v) is 8.85. The number of unbranched alkanes of at least 4 members (excludes halogenated alkanes) is 3.